The molecule has 0 saturated carbocycles. The third-order valence-corrected chi connectivity index (χ3v) is 17.6. The largest absolute Gasteiger partial charge is 0.336 e. The van der Waals surface area contributed by atoms with Crippen molar-refractivity contribution in [3.8, 4) is 0 Å². The molecule has 0 atom stereocenters. The Kier molecular flexibility index (Phi) is 2.68. The van der Waals surface area contributed by atoms with E-state index >= 15 is 0 Å². The van der Waals surface area contributed by atoms with Crippen molar-refractivity contribution in [3.05, 3.63) is 0 Å². The summed E-state index contributed by atoms with van der Waals surface area (Å²) in [4.78, 5) is 0. The van der Waals surface area contributed by atoms with Crippen molar-refractivity contribution in [1.29, 1.82) is 0 Å². The van der Waals surface area contributed by atoms with Crippen LogP contribution in [-0.2, 0) is 0 Å². The molecule has 0 radical (unpaired) electrons. The summed E-state index contributed by atoms with van der Waals surface area (Å²) in [5, 5.41) is 0. The van der Waals surface area contributed by atoms with E-state index in [9.17, 15) is 0 Å². The lowest BCUT2D eigenvalue weighted by atomic mass is 11.9. The lowest BCUT2D eigenvalue weighted by Gasteiger charge is -2.48. The van der Waals surface area contributed by atoms with Crippen molar-refractivity contribution in [2.45, 2.75) is 32.7 Å². The van der Waals surface area contributed by atoms with Crippen molar-refractivity contribution < 1.29 is 0 Å². The van der Waals surface area contributed by atoms with E-state index in [1.165, 1.54) is 0 Å². The molecule has 1 fully saturated rings. The molecule has 1 heterocycles. The highest BCUT2D eigenvalue weighted by Crippen LogP contribution is 2.14. The Morgan fingerprint density at radius 1 is 0.750 bits per heavy atom. The fourth-order valence-corrected chi connectivity index (χ4v) is 25.5. The van der Waals surface area contributed by atoms with E-state index in [0.29, 0.717) is 0 Å². The van der Waals surface area contributed by atoms with Gasteiger partial charge in [0.25, 0.3) is 0 Å². The Hall–Kier alpha value is 0.881. The molecular formula is C5H19N3SSi3. The minimum atomic E-state index is -1.61. The van der Waals surface area contributed by atoms with Crippen LogP contribution in [0.2, 0.25) is 32.7 Å². The van der Waals surface area contributed by atoms with Crippen LogP contribution >= 0.6 is 12.1 Å². The number of rotatable bonds is 0. The zero-order chi connectivity index (χ0) is 9.62. The highest BCUT2D eigenvalue weighted by Gasteiger charge is 2.45. The van der Waals surface area contributed by atoms with Gasteiger partial charge >= 0.3 is 0 Å². The molecule has 3 N–H and O–H groups in total. The van der Waals surface area contributed by atoms with Gasteiger partial charge in [-0.3, -0.25) is 0 Å². The van der Waals surface area contributed by atoms with Crippen molar-refractivity contribution in [2.75, 3.05) is 0 Å². The molecule has 72 valence electrons. The first-order valence-electron chi connectivity index (χ1n) is 4.22. The molecule has 12 heavy (non-hydrogen) atoms. The molecule has 0 aromatic heterocycles. The zero-order valence-electron chi connectivity index (χ0n) is 8.45. The third-order valence-electron chi connectivity index (χ3n) is 1.74. The van der Waals surface area contributed by atoms with Crippen molar-refractivity contribution in [3.63, 3.8) is 0 Å². The Morgan fingerprint density at radius 3 is 1.33 bits per heavy atom. The average Bonchev–Trinajstić information content (AvgIpc) is 1.44. The summed E-state index contributed by atoms with van der Waals surface area (Å²) in [6, 6.07) is 0. The first kappa shape index (κ1) is 11.0. The standard InChI is InChI=1S/C5H19N3SSi3/c1-10(2)6-11(3,4)8-12(5,9)7-10/h6-9H,1-5H3. The molecule has 1 aliphatic heterocycles. The molecule has 0 spiro atoms. The summed E-state index contributed by atoms with van der Waals surface area (Å²) >= 11 is 4.69. The molecule has 7 heteroatoms. The van der Waals surface area contributed by atoms with E-state index in [-0.39, 0.29) is 0 Å². The summed E-state index contributed by atoms with van der Waals surface area (Å²) in [5.74, 6) is 0. The van der Waals surface area contributed by atoms with Crippen molar-refractivity contribution >= 4 is 36.4 Å². The first-order chi connectivity index (χ1) is 5.12. The van der Waals surface area contributed by atoms with Gasteiger partial charge in [-0.1, -0.05) is 0 Å². The van der Waals surface area contributed by atoms with E-state index in [2.05, 4.69) is 46.7 Å². The highest BCUT2D eigenvalue weighted by molar-refractivity contribution is 8.14. The maximum atomic E-state index is 4.69. The van der Waals surface area contributed by atoms with Gasteiger partial charge < -0.3 is 13.9 Å². The molecule has 1 saturated heterocycles. The Morgan fingerprint density at radius 2 is 1.08 bits per heavy atom. The van der Waals surface area contributed by atoms with Gasteiger partial charge in [0, 0.05) is 0 Å². The Balaban J connectivity index is 2.81. The molecular weight excluding hydrogens is 218 g/mol. The monoisotopic (exact) mass is 237 g/mol. The van der Waals surface area contributed by atoms with Gasteiger partial charge in [0.15, 0.2) is 16.8 Å². The lowest BCUT2D eigenvalue weighted by molar-refractivity contribution is 1.07. The van der Waals surface area contributed by atoms with E-state index < -0.39 is 24.3 Å². The minimum absolute atomic E-state index is 1.38. The third kappa shape index (κ3) is 2.98. The Bertz CT molecular complexity index is 149. The highest BCUT2D eigenvalue weighted by atomic mass is 32.3. The maximum Gasteiger partial charge on any atom is 0.248 e. The number of hydrogen-bond acceptors (Lipinski definition) is 4. The normalized spacial score (nSPS) is 31.5. The van der Waals surface area contributed by atoms with Crippen LogP contribution < -0.4 is 13.9 Å². The zero-order valence-corrected chi connectivity index (χ0v) is 12.3. The van der Waals surface area contributed by atoms with Gasteiger partial charge in [0.05, 0.1) is 0 Å². The maximum absolute atomic E-state index is 4.69. The van der Waals surface area contributed by atoms with Crippen LogP contribution in [0.1, 0.15) is 0 Å². The van der Waals surface area contributed by atoms with E-state index in [4.69, 9.17) is 12.1 Å². The van der Waals surface area contributed by atoms with Gasteiger partial charge in [0.1, 0.15) is 0 Å². The number of hydrogen-bond donors (Lipinski definition) is 4. The van der Waals surface area contributed by atoms with Crippen LogP contribution in [0, 0.1) is 0 Å². The first-order valence-corrected chi connectivity index (χ1v) is 14.0. The van der Waals surface area contributed by atoms with E-state index in [0.717, 1.165) is 0 Å². The molecule has 1 aliphatic rings. The van der Waals surface area contributed by atoms with Crippen LogP contribution in [0.5, 0.6) is 0 Å². The van der Waals surface area contributed by atoms with Gasteiger partial charge in [-0.2, -0.15) is 12.1 Å². The quantitative estimate of drug-likeness (QED) is 0.370. The molecule has 0 amide bonds. The average molecular weight is 238 g/mol. The summed E-state index contributed by atoms with van der Waals surface area (Å²) < 4.78 is 11.0. The van der Waals surface area contributed by atoms with E-state index in [1.54, 1.807) is 0 Å². The topological polar surface area (TPSA) is 36.1 Å². The predicted molar refractivity (Wildman–Crippen MR) is 65.0 cm³/mol. The summed E-state index contributed by atoms with van der Waals surface area (Å²) in [5.41, 5.74) is 0. The van der Waals surface area contributed by atoms with Gasteiger partial charge in [-0.05, 0) is 32.7 Å². The predicted octanol–water partition coefficient (Wildman–Crippen LogP) is 0.671. The smallest absolute Gasteiger partial charge is 0.248 e. The fourth-order valence-electron chi connectivity index (χ4n) is 2.09. The van der Waals surface area contributed by atoms with Crippen molar-refractivity contribution in [1.82, 2.24) is 13.9 Å². The van der Waals surface area contributed by atoms with Gasteiger partial charge in [-0.15, -0.1) is 0 Å². The molecule has 3 nitrogen and oxygen atoms in total. The second kappa shape index (κ2) is 2.94. The SMILES string of the molecule is C[Si]1(C)N[Si](C)(C)N[Si](C)(S)N1. The van der Waals surface area contributed by atoms with Gasteiger partial charge in [0.2, 0.25) is 7.55 Å². The number of thiol groups is 1. The molecule has 1 rings (SSSR count). The minimum Gasteiger partial charge on any atom is -0.336 e. The van der Waals surface area contributed by atoms with Crippen LogP contribution in [0.3, 0.4) is 0 Å². The van der Waals surface area contributed by atoms with E-state index in [1.807, 2.05) is 0 Å². The number of nitrogens with one attached hydrogen (secondary N) is 3. The molecule has 0 aromatic rings. The van der Waals surface area contributed by atoms with Crippen LogP contribution in [0.4, 0.5) is 0 Å². The second-order valence-corrected chi connectivity index (χ2v) is 19.0. The van der Waals surface area contributed by atoms with Crippen LogP contribution in [-0.4, -0.2) is 24.3 Å². The van der Waals surface area contributed by atoms with Crippen molar-refractivity contribution in [2.24, 2.45) is 0 Å². The molecule has 0 bridgehead atoms. The molecule has 0 aromatic carbocycles. The molecule has 0 aliphatic carbocycles. The molecule has 0 unspecified atom stereocenters. The van der Waals surface area contributed by atoms with Gasteiger partial charge in [-0.25, -0.2) is 0 Å². The Labute approximate surface area is 83.3 Å². The lowest BCUT2D eigenvalue weighted by Crippen LogP contribution is -2.87. The van der Waals surface area contributed by atoms with Crippen LogP contribution in [0.25, 0.3) is 0 Å². The second-order valence-electron chi connectivity index (χ2n) is 4.70. The van der Waals surface area contributed by atoms with Crippen LogP contribution in [0.15, 0.2) is 0 Å². The summed E-state index contributed by atoms with van der Waals surface area (Å²) in [7, 11) is -4.36. The fraction of sp³-hybridized carbons (Fsp3) is 1.00. The summed E-state index contributed by atoms with van der Waals surface area (Å²) in [6.07, 6.45) is 0. The summed E-state index contributed by atoms with van der Waals surface area (Å²) in [6.45, 7) is 11.5.